The third-order valence-electron chi connectivity index (χ3n) is 12.0. The SMILES string of the molecule is C[C@]12CC[C@@H]3c4ccc(OC(=O)Nc5ccc(N6CCOCC6)cc5)cc4C[C@@H](CCCS(=O)CCCC(F)(F)C(F)(F)F)[C@H]3[C@@H]1CCC2NO. The molecule has 3 aliphatic carbocycles. The normalized spacial score (nSPS) is 28.4. The molecule has 8 nitrogen and oxygen atoms in total. The highest BCUT2D eigenvalue weighted by molar-refractivity contribution is 7.84. The minimum atomic E-state index is -5.61. The summed E-state index contributed by atoms with van der Waals surface area (Å²) in [6.45, 7) is 5.24. The van der Waals surface area contributed by atoms with Crippen LogP contribution in [0.1, 0.15) is 75.3 Å². The molecule has 51 heavy (non-hydrogen) atoms. The Kier molecular flexibility index (Phi) is 11.6. The summed E-state index contributed by atoms with van der Waals surface area (Å²) in [6, 6.07) is 13.4. The molecule has 0 aromatic heterocycles. The average molecular weight is 742 g/mol. The van der Waals surface area contributed by atoms with Crippen LogP contribution in [-0.4, -0.2) is 71.5 Å². The Morgan fingerprint density at radius 3 is 2.47 bits per heavy atom. The van der Waals surface area contributed by atoms with Crippen LogP contribution in [0.2, 0.25) is 0 Å². The summed E-state index contributed by atoms with van der Waals surface area (Å²) in [5.41, 5.74) is 6.48. The number of benzene rings is 2. The van der Waals surface area contributed by atoms with E-state index < -0.39 is 41.8 Å². The number of carbonyl (C=O) groups excluding carboxylic acids is 1. The maximum absolute atomic E-state index is 13.3. The third-order valence-corrected chi connectivity index (χ3v) is 13.4. The van der Waals surface area contributed by atoms with Gasteiger partial charge < -0.3 is 19.6 Å². The number of hydrogen-bond donors (Lipinski definition) is 3. The first kappa shape index (κ1) is 37.9. The van der Waals surface area contributed by atoms with Crippen molar-refractivity contribution in [3.05, 3.63) is 53.6 Å². The first-order valence-electron chi connectivity index (χ1n) is 18.0. The Balaban J connectivity index is 1.11. The zero-order chi connectivity index (χ0) is 36.4. The number of fused-ring (bicyclic) bond motifs is 5. The molecule has 3 N–H and O–H groups in total. The second kappa shape index (κ2) is 15.7. The maximum atomic E-state index is 13.3. The van der Waals surface area contributed by atoms with E-state index in [-0.39, 0.29) is 34.8 Å². The standard InChI is InChI=1S/C37H48F5N3O5S/c1-35-15-13-30-29-10-9-28(50-34(46)43-26-5-7-27(8-6-26)45-16-18-49-19-17-45)23-25(29)22-24(33(30)31(35)11-12-32(35)44-47)4-2-20-51(48)21-3-14-36(38,39)37(40,41)42/h5-10,23-24,30-33,44,47H,2-4,11-22H2,1H3,(H,43,46)/t24-,30-,31+,32?,33-,35+,51?/m1/s1. The Morgan fingerprint density at radius 2 is 1.76 bits per heavy atom. The number of carbonyl (C=O) groups is 1. The second-order valence-corrected chi connectivity index (χ2v) is 16.6. The number of halogens is 5. The predicted molar refractivity (Wildman–Crippen MR) is 185 cm³/mol. The number of nitrogens with one attached hydrogen (secondary N) is 2. The van der Waals surface area contributed by atoms with E-state index in [2.05, 4.69) is 28.7 Å². The van der Waals surface area contributed by atoms with Gasteiger partial charge in [0.15, 0.2) is 0 Å². The zero-order valence-electron chi connectivity index (χ0n) is 28.9. The van der Waals surface area contributed by atoms with Crippen molar-refractivity contribution < 1.29 is 45.6 Å². The molecule has 1 aliphatic heterocycles. The van der Waals surface area contributed by atoms with Crippen molar-refractivity contribution in [2.75, 3.05) is 48.0 Å². The molecular weight excluding hydrogens is 693 g/mol. The van der Waals surface area contributed by atoms with E-state index in [0.717, 1.165) is 56.4 Å². The molecule has 0 spiro atoms. The van der Waals surface area contributed by atoms with E-state index in [9.17, 15) is 36.2 Å². The van der Waals surface area contributed by atoms with Crippen molar-refractivity contribution >= 4 is 28.3 Å². The lowest BCUT2D eigenvalue weighted by Gasteiger charge is -2.53. The highest BCUT2D eigenvalue weighted by Gasteiger charge is 2.57. The fourth-order valence-corrected chi connectivity index (χ4v) is 10.5. The number of hydrogen-bond acceptors (Lipinski definition) is 7. The smallest absolute Gasteiger partial charge is 0.410 e. The number of anilines is 2. The number of ether oxygens (including phenoxy) is 2. The Morgan fingerprint density at radius 1 is 1.04 bits per heavy atom. The lowest BCUT2D eigenvalue weighted by atomic mass is 9.52. The average Bonchev–Trinajstić information content (AvgIpc) is 3.44. The van der Waals surface area contributed by atoms with Crippen molar-refractivity contribution in [3.8, 4) is 5.75 Å². The van der Waals surface area contributed by atoms with Gasteiger partial charge in [-0.15, -0.1) is 0 Å². The molecule has 6 rings (SSSR count). The summed E-state index contributed by atoms with van der Waals surface area (Å²) in [4.78, 5) is 15.1. The quantitative estimate of drug-likeness (QED) is 0.150. The molecule has 0 radical (unpaired) electrons. The summed E-state index contributed by atoms with van der Waals surface area (Å²) in [5.74, 6) is -3.20. The molecule has 282 valence electrons. The van der Waals surface area contributed by atoms with E-state index in [1.807, 2.05) is 36.4 Å². The molecule has 1 heterocycles. The van der Waals surface area contributed by atoms with Gasteiger partial charge in [0.1, 0.15) is 5.75 Å². The van der Waals surface area contributed by atoms with Gasteiger partial charge in [0.05, 0.1) is 13.2 Å². The topological polar surface area (TPSA) is 100 Å². The van der Waals surface area contributed by atoms with Gasteiger partial charge in [0.25, 0.3) is 0 Å². The van der Waals surface area contributed by atoms with Crippen LogP contribution in [0.15, 0.2) is 42.5 Å². The van der Waals surface area contributed by atoms with Crippen molar-refractivity contribution in [3.63, 3.8) is 0 Å². The van der Waals surface area contributed by atoms with Crippen LogP contribution < -0.4 is 20.4 Å². The lowest BCUT2D eigenvalue weighted by molar-refractivity contribution is -0.284. The van der Waals surface area contributed by atoms with E-state index >= 15 is 0 Å². The number of morpholine rings is 1. The second-order valence-electron chi connectivity index (χ2n) is 14.9. The van der Waals surface area contributed by atoms with Crippen molar-refractivity contribution in [1.29, 1.82) is 0 Å². The Labute approximate surface area is 298 Å². The van der Waals surface area contributed by atoms with E-state index in [1.165, 1.54) is 5.56 Å². The monoisotopic (exact) mass is 741 g/mol. The van der Waals surface area contributed by atoms with Crippen LogP contribution in [0.25, 0.3) is 0 Å². The van der Waals surface area contributed by atoms with Gasteiger partial charge in [-0.25, -0.2) is 10.3 Å². The molecular formula is C37H48F5N3O5S. The number of hydroxylamine groups is 1. The fourth-order valence-electron chi connectivity index (χ4n) is 9.36. The van der Waals surface area contributed by atoms with Gasteiger partial charge >= 0.3 is 18.2 Å². The van der Waals surface area contributed by atoms with Crippen molar-refractivity contribution in [2.24, 2.45) is 23.2 Å². The van der Waals surface area contributed by atoms with Gasteiger partial charge in [-0.05, 0) is 128 Å². The number of rotatable bonds is 12. The first-order chi connectivity index (χ1) is 24.3. The van der Waals surface area contributed by atoms with Crippen molar-refractivity contribution in [1.82, 2.24) is 5.48 Å². The minimum absolute atomic E-state index is 0.00214. The summed E-state index contributed by atoms with van der Waals surface area (Å²) >= 11 is 0. The highest BCUT2D eigenvalue weighted by atomic mass is 32.2. The van der Waals surface area contributed by atoms with E-state index in [4.69, 9.17) is 9.47 Å². The van der Waals surface area contributed by atoms with Gasteiger partial charge in [0, 0.05) is 59.2 Å². The van der Waals surface area contributed by atoms with Crippen LogP contribution in [-0.2, 0) is 22.0 Å². The molecule has 4 aliphatic rings. The summed E-state index contributed by atoms with van der Waals surface area (Å²) < 4.78 is 88.1. The molecule has 0 bridgehead atoms. The summed E-state index contributed by atoms with van der Waals surface area (Å²) in [6.07, 6.45) is -2.33. The molecule has 2 saturated carbocycles. The first-order valence-corrected chi connectivity index (χ1v) is 19.5. The summed E-state index contributed by atoms with van der Waals surface area (Å²) in [5, 5.41) is 12.8. The fraction of sp³-hybridized carbons (Fsp3) is 0.649. The van der Waals surface area contributed by atoms with Gasteiger partial charge in [-0.3, -0.25) is 9.53 Å². The molecule has 2 aromatic rings. The zero-order valence-corrected chi connectivity index (χ0v) is 29.7. The largest absolute Gasteiger partial charge is 0.453 e. The van der Waals surface area contributed by atoms with Crippen LogP contribution in [0.4, 0.5) is 38.1 Å². The predicted octanol–water partition coefficient (Wildman–Crippen LogP) is 8.07. The number of nitrogens with zero attached hydrogens (tertiary/aromatic N) is 1. The number of amides is 1. The molecule has 2 unspecified atom stereocenters. The van der Waals surface area contributed by atoms with E-state index in [1.54, 1.807) is 0 Å². The van der Waals surface area contributed by atoms with Gasteiger partial charge in [0.2, 0.25) is 0 Å². The van der Waals surface area contributed by atoms with Crippen LogP contribution in [0.5, 0.6) is 5.75 Å². The minimum Gasteiger partial charge on any atom is -0.410 e. The van der Waals surface area contributed by atoms with Crippen LogP contribution in [0, 0.1) is 23.2 Å². The van der Waals surface area contributed by atoms with Gasteiger partial charge in [-0.1, -0.05) is 13.0 Å². The summed E-state index contributed by atoms with van der Waals surface area (Å²) in [7, 11) is -1.51. The van der Waals surface area contributed by atoms with Gasteiger partial charge in [-0.2, -0.15) is 22.0 Å². The molecule has 14 heteroatoms. The van der Waals surface area contributed by atoms with Crippen LogP contribution >= 0.6 is 0 Å². The Bertz CT molecular complexity index is 1540. The molecule has 3 fully saturated rings. The molecule has 1 saturated heterocycles. The molecule has 2 aromatic carbocycles. The Hall–Kier alpha value is -2.81. The third kappa shape index (κ3) is 8.39. The maximum Gasteiger partial charge on any atom is 0.453 e. The van der Waals surface area contributed by atoms with Crippen molar-refractivity contribution in [2.45, 2.75) is 88.8 Å². The molecule has 7 atom stereocenters. The molecule has 1 amide bonds. The number of alkyl halides is 5. The van der Waals surface area contributed by atoms with Crippen LogP contribution in [0.3, 0.4) is 0 Å². The highest BCUT2D eigenvalue weighted by Crippen LogP contribution is 2.62. The van der Waals surface area contributed by atoms with E-state index in [0.29, 0.717) is 49.3 Å². The lowest BCUT2D eigenvalue weighted by Crippen LogP contribution is -2.50.